The van der Waals surface area contributed by atoms with Crippen LogP contribution in [-0.4, -0.2) is 31.5 Å². The zero-order valence-electron chi connectivity index (χ0n) is 10.1. The molecule has 92 valence electrons. The van der Waals surface area contributed by atoms with Crippen LogP contribution in [0.1, 0.15) is 18.9 Å². The number of aliphatic hydroxyl groups excluding tert-OH is 1. The molecule has 1 N–H and O–H groups in total. The van der Waals surface area contributed by atoms with Gasteiger partial charge in [-0.2, -0.15) is 0 Å². The van der Waals surface area contributed by atoms with Gasteiger partial charge in [0.15, 0.2) is 0 Å². The number of benzene rings is 1. The summed E-state index contributed by atoms with van der Waals surface area (Å²) in [6.07, 6.45) is 0.875. The lowest BCUT2D eigenvalue weighted by atomic mass is 10.2. The highest BCUT2D eigenvalue weighted by molar-refractivity contribution is 5.39. The summed E-state index contributed by atoms with van der Waals surface area (Å²) in [5, 5.41) is 8.60. The fourth-order valence-electron chi connectivity index (χ4n) is 1.30. The molecular formula is C14H18O3. The first-order valence-corrected chi connectivity index (χ1v) is 5.77. The fraction of sp³-hybridized carbons (Fsp3) is 0.429. The molecule has 0 spiro atoms. The van der Waals surface area contributed by atoms with Crippen molar-refractivity contribution >= 4 is 0 Å². The average molecular weight is 234 g/mol. The summed E-state index contributed by atoms with van der Waals surface area (Å²) in [6, 6.07) is 7.53. The number of aliphatic hydroxyl groups is 1. The van der Waals surface area contributed by atoms with E-state index in [0.717, 1.165) is 30.9 Å². The van der Waals surface area contributed by atoms with Crippen molar-refractivity contribution in [1.82, 2.24) is 0 Å². The predicted octanol–water partition coefficient (Wildman–Crippen LogP) is 1.84. The Balaban J connectivity index is 2.38. The molecule has 0 heterocycles. The quantitative estimate of drug-likeness (QED) is 0.603. The molecule has 0 aliphatic carbocycles. The zero-order valence-corrected chi connectivity index (χ0v) is 10.1. The highest BCUT2D eigenvalue weighted by Gasteiger charge is 1.95. The number of hydrogen-bond acceptors (Lipinski definition) is 3. The van der Waals surface area contributed by atoms with Crippen molar-refractivity contribution in [1.29, 1.82) is 0 Å². The Morgan fingerprint density at radius 2 is 2.18 bits per heavy atom. The minimum atomic E-state index is -0.126. The number of rotatable bonds is 6. The molecule has 0 fully saturated rings. The minimum Gasteiger partial charge on any atom is -0.493 e. The Morgan fingerprint density at radius 3 is 2.94 bits per heavy atom. The summed E-state index contributed by atoms with van der Waals surface area (Å²) in [6.45, 7) is 3.95. The molecule has 1 rings (SSSR count). The summed E-state index contributed by atoms with van der Waals surface area (Å²) in [5.41, 5.74) is 0.848. The van der Waals surface area contributed by atoms with E-state index in [1.807, 2.05) is 31.2 Å². The van der Waals surface area contributed by atoms with E-state index in [1.165, 1.54) is 0 Å². The number of hydrogen-bond donors (Lipinski definition) is 1. The Labute approximate surface area is 102 Å². The molecule has 0 bridgehead atoms. The van der Waals surface area contributed by atoms with Gasteiger partial charge in [0, 0.05) is 25.2 Å². The highest BCUT2D eigenvalue weighted by Crippen LogP contribution is 2.12. The van der Waals surface area contributed by atoms with Crippen LogP contribution in [0.5, 0.6) is 5.75 Å². The predicted molar refractivity (Wildman–Crippen MR) is 67.0 cm³/mol. The van der Waals surface area contributed by atoms with Gasteiger partial charge in [-0.05, 0) is 25.1 Å². The maximum absolute atomic E-state index is 8.60. The van der Waals surface area contributed by atoms with Gasteiger partial charge >= 0.3 is 0 Å². The third kappa shape index (κ3) is 5.96. The normalized spacial score (nSPS) is 9.53. The zero-order chi connectivity index (χ0) is 12.3. The van der Waals surface area contributed by atoms with Crippen molar-refractivity contribution in [2.24, 2.45) is 0 Å². The van der Waals surface area contributed by atoms with E-state index in [2.05, 4.69) is 11.8 Å². The van der Waals surface area contributed by atoms with Crippen LogP contribution in [-0.2, 0) is 4.74 Å². The van der Waals surface area contributed by atoms with E-state index in [1.54, 1.807) is 0 Å². The van der Waals surface area contributed by atoms with Crippen LogP contribution >= 0.6 is 0 Å². The Morgan fingerprint density at radius 1 is 1.29 bits per heavy atom. The third-order valence-corrected chi connectivity index (χ3v) is 2.05. The van der Waals surface area contributed by atoms with E-state index in [4.69, 9.17) is 14.6 Å². The van der Waals surface area contributed by atoms with Crippen molar-refractivity contribution in [2.75, 3.05) is 26.4 Å². The molecule has 0 saturated heterocycles. The van der Waals surface area contributed by atoms with Crippen molar-refractivity contribution in [2.45, 2.75) is 13.3 Å². The lowest BCUT2D eigenvalue weighted by Crippen LogP contribution is -2.02. The third-order valence-electron chi connectivity index (χ3n) is 2.05. The Kier molecular flexibility index (Phi) is 6.89. The molecule has 0 atom stereocenters. The molecule has 0 radical (unpaired) electrons. The molecule has 0 aliphatic heterocycles. The van der Waals surface area contributed by atoms with Crippen LogP contribution in [0.25, 0.3) is 0 Å². The van der Waals surface area contributed by atoms with Gasteiger partial charge in [-0.15, -0.1) is 0 Å². The minimum absolute atomic E-state index is 0.126. The molecule has 0 amide bonds. The van der Waals surface area contributed by atoms with E-state index in [0.29, 0.717) is 6.61 Å². The van der Waals surface area contributed by atoms with Gasteiger partial charge < -0.3 is 14.6 Å². The molecule has 0 aromatic heterocycles. The molecule has 3 nitrogen and oxygen atoms in total. The van der Waals surface area contributed by atoms with E-state index in [-0.39, 0.29) is 6.61 Å². The monoisotopic (exact) mass is 234 g/mol. The smallest absolute Gasteiger partial charge is 0.120 e. The summed E-state index contributed by atoms with van der Waals surface area (Å²) in [5.74, 6) is 6.24. The molecule has 1 aromatic rings. The van der Waals surface area contributed by atoms with Crippen molar-refractivity contribution < 1.29 is 14.6 Å². The second-order valence-electron chi connectivity index (χ2n) is 3.39. The van der Waals surface area contributed by atoms with E-state index >= 15 is 0 Å². The van der Waals surface area contributed by atoms with Crippen LogP contribution in [0.2, 0.25) is 0 Å². The molecular weight excluding hydrogens is 216 g/mol. The summed E-state index contributed by atoms with van der Waals surface area (Å²) >= 11 is 0. The molecule has 1 aromatic carbocycles. The largest absolute Gasteiger partial charge is 0.493 e. The lowest BCUT2D eigenvalue weighted by Gasteiger charge is -2.06. The SMILES string of the molecule is CCOCCCOc1cccc(C#CCO)c1. The van der Waals surface area contributed by atoms with Crippen LogP contribution in [0.3, 0.4) is 0 Å². The van der Waals surface area contributed by atoms with Gasteiger partial charge in [-0.3, -0.25) is 0 Å². The molecule has 0 aliphatic rings. The first kappa shape index (κ1) is 13.6. The fourth-order valence-corrected chi connectivity index (χ4v) is 1.30. The van der Waals surface area contributed by atoms with Crippen LogP contribution in [0.4, 0.5) is 0 Å². The maximum Gasteiger partial charge on any atom is 0.120 e. The first-order valence-electron chi connectivity index (χ1n) is 5.77. The van der Waals surface area contributed by atoms with Crippen molar-refractivity contribution in [3.8, 4) is 17.6 Å². The van der Waals surface area contributed by atoms with Gasteiger partial charge in [-0.25, -0.2) is 0 Å². The maximum atomic E-state index is 8.60. The molecule has 0 unspecified atom stereocenters. The lowest BCUT2D eigenvalue weighted by molar-refractivity contribution is 0.131. The van der Waals surface area contributed by atoms with Gasteiger partial charge in [0.25, 0.3) is 0 Å². The van der Waals surface area contributed by atoms with Gasteiger partial charge in [0.2, 0.25) is 0 Å². The van der Waals surface area contributed by atoms with Crippen LogP contribution < -0.4 is 4.74 Å². The Bertz CT molecular complexity index is 377. The van der Waals surface area contributed by atoms with Crippen LogP contribution in [0, 0.1) is 11.8 Å². The highest BCUT2D eigenvalue weighted by atomic mass is 16.5. The van der Waals surface area contributed by atoms with E-state index in [9.17, 15) is 0 Å². The first-order chi connectivity index (χ1) is 8.36. The van der Waals surface area contributed by atoms with Gasteiger partial charge in [0.05, 0.1) is 6.61 Å². The summed E-state index contributed by atoms with van der Waals surface area (Å²) in [7, 11) is 0. The van der Waals surface area contributed by atoms with Gasteiger partial charge in [0.1, 0.15) is 12.4 Å². The molecule has 17 heavy (non-hydrogen) atoms. The van der Waals surface area contributed by atoms with Crippen molar-refractivity contribution in [3.63, 3.8) is 0 Å². The molecule has 3 heteroatoms. The van der Waals surface area contributed by atoms with Gasteiger partial charge in [-0.1, -0.05) is 17.9 Å². The average Bonchev–Trinajstić information content (AvgIpc) is 2.37. The summed E-state index contributed by atoms with van der Waals surface area (Å²) < 4.78 is 10.8. The Hall–Kier alpha value is -1.50. The standard InChI is InChI=1S/C14H18O3/c1-2-16-10-5-11-17-14-8-3-6-13(12-14)7-4-9-15/h3,6,8,12,15H,2,5,9-11H2,1H3. The molecule has 0 saturated carbocycles. The topological polar surface area (TPSA) is 38.7 Å². The summed E-state index contributed by atoms with van der Waals surface area (Å²) in [4.78, 5) is 0. The van der Waals surface area contributed by atoms with E-state index < -0.39 is 0 Å². The van der Waals surface area contributed by atoms with Crippen LogP contribution in [0.15, 0.2) is 24.3 Å². The second kappa shape index (κ2) is 8.63. The second-order valence-corrected chi connectivity index (χ2v) is 3.39. The van der Waals surface area contributed by atoms with Crippen molar-refractivity contribution in [3.05, 3.63) is 29.8 Å². The number of ether oxygens (including phenoxy) is 2.